The number of hydrogen-bond donors (Lipinski definition) is 1. The van der Waals surface area contributed by atoms with Crippen LogP contribution in [0, 0.1) is 17.3 Å². The van der Waals surface area contributed by atoms with E-state index in [1.165, 1.54) is 53.5 Å². The number of carbonyl (C=O) groups excluding carboxylic acids is 1. The molecule has 6 rings (SSSR count). The summed E-state index contributed by atoms with van der Waals surface area (Å²) >= 11 is 0. The van der Waals surface area contributed by atoms with Crippen LogP contribution in [0.3, 0.4) is 0 Å². The third kappa shape index (κ3) is 3.94. The Kier molecular flexibility index (Phi) is 6.22. The largest absolute Gasteiger partial charge is 0.437 e. The average Bonchev–Trinajstić information content (AvgIpc) is 2.85. The topological polar surface area (TPSA) is 55.6 Å². The summed E-state index contributed by atoms with van der Waals surface area (Å²) in [6.07, 6.45) is 7.29. The van der Waals surface area contributed by atoms with Crippen molar-refractivity contribution < 1.29 is 9.53 Å². The van der Waals surface area contributed by atoms with Gasteiger partial charge in [0.2, 0.25) is 0 Å². The number of rotatable bonds is 6. The van der Waals surface area contributed by atoms with Gasteiger partial charge in [0.15, 0.2) is 0 Å². The average molecular weight is 461 g/mol. The van der Waals surface area contributed by atoms with Crippen LogP contribution in [-0.4, -0.2) is 30.6 Å². The van der Waals surface area contributed by atoms with Gasteiger partial charge in [0.1, 0.15) is 5.60 Å². The van der Waals surface area contributed by atoms with E-state index in [0.717, 1.165) is 38.9 Å². The van der Waals surface area contributed by atoms with Crippen LogP contribution in [0.1, 0.15) is 69.6 Å². The molecule has 2 aromatic rings. The van der Waals surface area contributed by atoms with Crippen LogP contribution >= 0.6 is 0 Å². The molecule has 2 aromatic carbocycles. The molecule has 0 radical (unpaired) electrons. The number of unbranched alkanes of at least 4 members (excludes halogenated alkanes) is 1. The summed E-state index contributed by atoms with van der Waals surface area (Å²) in [7, 11) is 0. The van der Waals surface area contributed by atoms with Gasteiger partial charge >= 0.3 is 6.09 Å². The van der Waals surface area contributed by atoms with E-state index >= 15 is 0 Å². The molecule has 0 spiro atoms. The first kappa shape index (κ1) is 23.4. The predicted molar refractivity (Wildman–Crippen MR) is 138 cm³/mol. The summed E-state index contributed by atoms with van der Waals surface area (Å²) in [4.78, 5) is 15.0. The minimum Gasteiger partial charge on any atom is -0.437 e. The van der Waals surface area contributed by atoms with Gasteiger partial charge in [0.05, 0.1) is 0 Å². The van der Waals surface area contributed by atoms with E-state index in [0.29, 0.717) is 5.92 Å². The lowest BCUT2D eigenvalue weighted by Crippen LogP contribution is -2.62. The molecule has 34 heavy (non-hydrogen) atoms. The van der Waals surface area contributed by atoms with Crippen LogP contribution in [0.5, 0.6) is 0 Å². The second-order valence-electron chi connectivity index (χ2n) is 11.5. The Balaban J connectivity index is 1.56. The van der Waals surface area contributed by atoms with Gasteiger partial charge in [-0.2, -0.15) is 0 Å². The van der Waals surface area contributed by atoms with Gasteiger partial charge in [0, 0.05) is 17.9 Å². The van der Waals surface area contributed by atoms with Crippen molar-refractivity contribution in [3.8, 4) is 11.1 Å². The van der Waals surface area contributed by atoms with E-state index in [1.54, 1.807) is 0 Å². The first-order chi connectivity index (χ1) is 16.3. The Labute approximate surface area is 204 Å². The number of piperidine rings is 3. The minimum atomic E-state index is -0.682. The molecule has 3 saturated heterocycles. The third-order valence-corrected chi connectivity index (χ3v) is 9.08. The zero-order valence-electron chi connectivity index (χ0n) is 21.1. The van der Waals surface area contributed by atoms with Crippen molar-refractivity contribution in [2.75, 3.05) is 19.6 Å². The molecule has 3 aliphatic heterocycles. The van der Waals surface area contributed by atoms with E-state index in [4.69, 9.17) is 10.5 Å². The van der Waals surface area contributed by atoms with E-state index < -0.39 is 11.7 Å². The molecule has 3 fully saturated rings. The molecule has 182 valence electrons. The van der Waals surface area contributed by atoms with Gasteiger partial charge in [-0.25, -0.2) is 4.79 Å². The molecule has 1 amide bonds. The lowest BCUT2D eigenvalue weighted by atomic mass is 9.53. The maximum atomic E-state index is 12.4. The molecule has 2 bridgehead atoms. The summed E-state index contributed by atoms with van der Waals surface area (Å²) in [6, 6.07) is 15.8. The zero-order valence-corrected chi connectivity index (χ0v) is 21.1. The second-order valence-corrected chi connectivity index (χ2v) is 11.5. The van der Waals surface area contributed by atoms with E-state index in [1.807, 2.05) is 0 Å². The molecule has 0 aromatic heterocycles. The molecule has 4 aliphatic rings. The first-order valence-corrected chi connectivity index (χ1v) is 13.3. The number of nitrogens with two attached hydrogens (primary N) is 1. The number of nitrogens with zero attached hydrogens (tertiary/aromatic N) is 1. The van der Waals surface area contributed by atoms with Gasteiger partial charge in [-0.15, -0.1) is 0 Å². The first-order valence-electron chi connectivity index (χ1n) is 13.3. The van der Waals surface area contributed by atoms with Crippen molar-refractivity contribution >= 4 is 6.09 Å². The molecule has 2 N–H and O–H groups in total. The fraction of sp³-hybridized carbons (Fsp3) is 0.567. The lowest BCUT2D eigenvalue weighted by molar-refractivity contribution is -0.173. The summed E-state index contributed by atoms with van der Waals surface area (Å²) in [5, 5.41) is 0. The van der Waals surface area contributed by atoms with E-state index in [9.17, 15) is 4.79 Å². The van der Waals surface area contributed by atoms with Crippen molar-refractivity contribution in [2.24, 2.45) is 23.0 Å². The van der Waals surface area contributed by atoms with Gasteiger partial charge in [0.25, 0.3) is 0 Å². The second kappa shape index (κ2) is 9.03. The van der Waals surface area contributed by atoms with Crippen LogP contribution in [0.4, 0.5) is 4.79 Å². The normalized spacial score (nSPS) is 29.4. The summed E-state index contributed by atoms with van der Waals surface area (Å²) in [5.41, 5.74) is 11.3. The number of hydrogen-bond acceptors (Lipinski definition) is 3. The van der Waals surface area contributed by atoms with Crippen LogP contribution in [-0.2, 0) is 23.2 Å². The van der Waals surface area contributed by atoms with Crippen LogP contribution in [0.2, 0.25) is 0 Å². The van der Waals surface area contributed by atoms with Crippen molar-refractivity contribution in [3.63, 3.8) is 0 Å². The minimum absolute atomic E-state index is 0.180. The Bertz CT molecular complexity index is 1040. The number of amides is 1. The number of primary amides is 1. The van der Waals surface area contributed by atoms with Crippen LogP contribution in [0.25, 0.3) is 11.1 Å². The molecule has 1 aliphatic carbocycles. The Morgan fingerprint density at radius 2 is 1.79 bits per heavy atom. The molecular weight excluding hydrogens is 420 g/mol. The highest BCUT2D eigenvalue weighted by atomic mass is 16.6. The summed E-state index contributed by atoms with van der Waals surface area (Å²) in [5.74, 6) is 0.852. The lowest BCUT2D eigenvalue weighted by Gasteiger charge is -2.59. The number of carbonyl (C=O) groups is 1. The predicted octanol–water partition coefficient (Wildman–Crippen LogP) is 6.30. The fourth-order valence-electron chi connectivity index (χ4n) is 7.14. The maximum Gasteiger partial charge on any atom is 0.405 e. The monoisotopic (exact) mass is 460 g/mol. The Morgan fingerprint density at radius 1 is 1.09 bits per heavy atom. The quantitative estimate of drug-likeness (QED) is 0.550. The van der Waals surface area contributed by atoms with Gasteiger partial charge in [-0.1, -0.05) is 69.7 Å². The highest BCUT2D eigenvalue weighted by molar-refractivity contribution is 5.68. The van der Waals surface area contributed by atoms with Gasteiger partial charge in [-0.3, -0.25) is 0 Å². The van der Waals surface area contributed by atoms with E-state index in [-0.39, 0.29) is 11.3 Å². The van der Waals surface area contributed by atoms with E-state index in [2.05, 4.69) is 68.1 Å². The summed E-state index contributed by atoms with van der Waals surface area (Å²) in [6.45, 7) is 10.1. The van der Waals surface area contributed by atoms with Crippen molar-refractivity contribution in [1.82, 2.24) is 4.90 Å². The number of ether oxygens (including phenoxy) is 1. The number of benzene rings is 2. The van der Waals surface area contributed by atoms with Crippen molar-refractivity contribution in [1.29, 1.82) is 0 Å². The standard InChI is InChI=1S/C30H40N2O2/c1-4-5-6-21-7-9-22(10-8-21)24-11-12-26-25(19-24)13-16-29(2,3)30(26,34-28(31)33)27-20-32-17-14-23(27)15-18-32/h7-12,19,23,27H,4-6,13-18,20H2,1-3H3,(H2,31,33)/t27-,30-/m1/s1. The zero-order chi connectivity index (χ0) is 23.9. The van der Waals surface area contributed by atoms with Crippen LogP contribution in [0.15, 0.2) is 42.5 Å². The Morgan fingerprint density at radius 3 is 2.41 bits per heavy atom. The van der Waals surface area contributed by atoms with Crippen LogP contribution < -0.4 is 5.73 Å². The SMILES string of the molecule is CCCCc1ccc(-c2ccc3c(c2)CCC(C)(C)[C@]3(OC(N)=O)[C@@H]2CN3CCC2CC3)cc1. The molecular formula is C30H40N2O2. The fourth-order valence-corrected chi connectivity index (χ4v) is 7.14. The molecule has 2 atom stereocenters. The third-order valence-electron chi connectivity index (χ3n) is 9.08. The molecule has 0 unspecified atom stereocenters. The van der Waals surface area contributed by atoms with Gasteiger partial charge < -0.3 is 15.4 Å². The van der Waals surface area contributed by atoms with Crippen molar-refractivity contribution in [2.45, 2.75) is 71.3 Å². The number of fused-ring (bicyclic) bond motifs is 4. The highest BCUT2D eigenvalue weighted by Crippen LogP contribution is 2.59. The molecule has 3 heterocycles. The van der Waals surface area contributed by atoms with Crippen molar-refractivity contribution in [3.05, 3.63) is 59.2 Å². The molecule has 4 nitrogen and oxygen atoms in total. The smallest absolute Gasteiger partial charge is 0.405 e. The summed E-state index contributed by atoms with van der Waals surface area (Å²) < 4.78 is 6.32. The molecule has 4 heteroatoms. The van der Waals surface area contributed by atoms with Gasteiger partial charge in [-0.05, 0) is 85.3 Å². The Hall–Kier alpha value is -2.33. The highest BCUT2D eigenvalue weighted by Gasteiger charge is 2.60. The maximum absolute atomic E-state index is 12.4. The molecule has 0 saturated carbocycles. The number of aryl methyl sites for hydroxylation is 2.